The summed E-state index contributed by atoms with van der Waals surface area (Å²) in [5.41, 5.74) is 1.01. The van der Waals surface area contributed by atoms with E-state index >= 15 is 0 Å². The van der Waals surface area contributed by atoms with Gasteiger partial charge in [-0.3, -0.25) is 14.9 Å². The molecule has 0 radical (unpaired) electrons. The fourth-order valence-electron chi connectivity index (χ4n) is 2.16. The Hall–Kier alpha value is -2.80. The number of benzene rings is 1. The highest BCUT2D eigenvalue weighted by Crippen LogP contribution is 2.32. The minimum Gasteiger partial charge on any atom is -0.267 e. The number of anilines is 1. The second-order valence-corrected chi connectivity index (χ2v) is 5.60. The molecule has 0 unspecified atom stereocenters. The average molecular weight is 313 g/mol. The van der Waals surface area contributed by atoms with E-state index in [1.165, 1.54) is 23.5 Å². The van der Waals surface area contributed by atoms with Crippen LogP contribution in [0.1, 0.15) is 11.8 Å². The molecule has 6 nitrogen and oxygen atoms in total. The zero-order valence-corrected chi connectivity index (χ0v) is 12.4. The summed E-state index contributed by atoms with van der Waals surface area (Å²) >= 11 is 1.51. The van der Waals surface area contributed by atoms with E-state index < -0.39 is 4.92 Å². The molecule has 1 aromatic carbocycles. The maximum absolute atomic E-state index is 12.5. The first-order valence-corrected chi connectivity index (χ1v) is 7.34. The number of nitrogens with zero attached hydrogens (tertiary/aromatic N) is 3. The van der Waals surface area contributed by atoms with Crippen LogP contribution in [0.2, 0.25) is 0 Å². The summed E-state index contributed by atoms with van der Waals surface area (Å²) < 4.78 is 0. The lowest BCUT2D eigenvalue weighted by atomic mass is 10.1. The van der Waals surface area contributed by atoms with Crippen LogP contribution in [-0.2, 0) is 4.79 Å². The monoisotopic (exact) mass is 313 g/mol. The summed E-state index contributed by atoms with van der Waals surface area (Å²) in [4.78, 5) is 24.1. The molecular weight excluding hydrogens is 302 g/mol. The van der Waals surface area contributed by atoms with Gasteiger partial charge in [0, 0.05) is 10.9 Å². The highest BCUT2D eigenvalue weighted by molar-refractivity contribution is 7.10. The van der Waals surface area contributed by atoms with Gasteiger partial charge in [-0.05, 0) is 30.5 Å². The Morgan fingerprint density at radius 1 is 1.27 bits per heavy atom. The van der Waals surface area contributed by atoms with Gasteiger partial charge in [0.25, 0.3) is 11.6 Å². The molecular formula is C15H11N3O3S. The Morgan fingerprint density at radius 3 is 2.73 bits per heavy atom. The Labute approximate surface area is 130 Å². The topological polar surface area (TPSA) is 75.8 Å². The van der Waals surface area contributed by atoms with E-state index in [2.05, 4.69) is 5.10 Å². The fraction of sp³-hybridized carbons (Fsp3) is 0.0667. The third-order valence-corrected chi connectivity index (χ3v) is 4.02. The molecule has 0 atom stereocenters. The molecule has 0 N–H and O–H groups in total. The van der Waals surface area contributed by atoms with Crippen LogP contribution in [0.4, 0.5) is 11.4 Å². The molecule has 2 aromatic rings. The van der Waals surface area contributed by atoms with Crippen molar-refractivity contribution in [1.29, 1.82) is 0 Å². The summed E-state index contributed by atoms with van der Waals surface area (Å²) in [6, 6.07) is 9.85. The number of nitro groups is 1. The third kappa shape index (κ3) is 2.42. The third-order valence-electron chi connectivity index (χ3n) is 3.20. The quantitative estimate of drug-likeness (QED) is 0.494. The van der Waals surface area contributed by atoms with E-state index in [9.17, 15) is 14.9 Å². The molecule has 1 aromatic heterocycles. The van der Waals surface area contributed by atoms with Crippen LogP contribution in [0.25, 0.3) is 6.08 Å². The molecule has 2 heterocycles. The van der Waals surface area contributed by atoms with Gasteiger partial charge in [-0.1, -0.05) is 18.2 Å². The number of para-hydroxylation sites is 2. The van der Waals surface area contributed by atoms with Crippen LogP contribution < -0.4 is 5.01 Å². The lowest BCUT2D eigenvalue weighted by Gasteiger charge is -2.11. The van der Waals surface area contributed by atoms with Gasteiger partial charge in [0.1, 0.15) is 5.69 Å². The standard InChI is InChI=1S/C15H11N3O3S/c1-10-12(9-11-5-4-8-22-11)15(19)17(16-10)13-6-2-3-7-14(13)18(20)21/h2-9H,1H3. The molecule has 1 aliphatic rings. The molecule has 110 valence electrons. The van der Waals surface area contributed by atoms with Gasteiger partial charge >= 0.3 is 0 Å². The zero-order valence-electron chi connectivity index (χ0n) is 11.6. The van der Waals surface area contributed by atoms with Gasteiger partial charge in [-0.15, -0.1) is 11.3 Å². The van der Waals surface area contributed by atoms with Crippen molar-refractivity contribution in [2.75, 3.05) is 5.01 Å². The molecule has 3 rings (SSSR count). The Morgan fingerprint density at radius 2 is 2.05 bits per heavy atom. The van der Waals surface area contributed by atoms with Crippen molar-refractivity contribution >= 4 is 40.4 Å². The van der Waals surface area contributed by atoms with Gasteiger partial charge in [-0.2, -0.15) is 10.1 Å². The summed E-state index contributed by atoms with van der Waals surface area (Å²) in [6.07, 6.45) is 1.75. The Balaban J connectivity index is 2.02. The second kappa shape index (κ2) is 5.53. The summed E-state index contributed by atoms with van der Waals surface area (Å²) in [5.74, 6) is -0.361. The van der Waals surface area contributed by atoms with Crippen molar-refractivity contribution in [1.82, 2.24) is 0 Å². The molecule has 7 heteroatoms. The van der Waals surface area contributed by atoms with Gasteiger partial charge in [0.15, 0.2) is 0 Å². The van der Waals surface area contributed by atoms with E-state index in [1.807, 2.05) is 17.5 Å². The van der Waals surface area contributed by atoms with Crippen LogP contribution in [-0.4, -0.2) is 16.5 Å². The highest BCUT2D eigenvalue weighted by atomic mass is 32.1. The number of carbonyl (C=O) groups excluding carboxylic acids is 1. The van der Waals surface area contributed by atoms with Gasteiger partial charge < -0.3 is 0 Å². The Kier molecular flexibility index (Phi) is 3.56. The van der Waals surface area contributed by atoms with Crippen molar-refractivity contribution in [3.63, 3.8) is 0 Å². The largest absolute Gasteiger partial charge is 0.295 e. The predicted molar refractivity (Wildman–Crippen MR) is 86.0 cm³/mol. The lowest BCUT2D eigenvalue weighted by molar-refractivity contribution is -0.384. The first kappa shape index (κ1) is 14.2. The minimum absolute atomic E-state index is 0.148. The van der Waals surface area contributed by atoms with Crippen LogP contribution in [0, 0.1) is 10.1 Å². The number of hydrogen-bond acceptors (Lipinski definition) is 5. The van der Waals surface area contributed by atoms with E-state index in [1.54, 1.807) is 25.1 Å². The lowest BCUT2D eigenvalue weighted by Crippen LogP contribution is -2.22. The molecule has 0 saturated carbocycles. The Bertz CT molecular complexity index is 809. The van der Waals surface area contributed by atoms with E-state index in [0.29, 0.717) is 11.3 Å². The van der Waals surface area contributed by atoms with Crippen molar-refractivity contribution in [3.05, 3.63) is 62.3 Å². The number of rotatable bonds is 3. The minimum atomic E-state index is -0.519. The van der Waals surface area contributed by atoms with Gasteiger partial charge in [0.05, 0.1) is 16.2 Å². The smallest absolute Gasteiger partial charge is 0.267 e. The predicted octanol–water partition coefficient (Wildman–Crippen LogP) is 3.46. The van der Waals surface area contributed by atoms with E-state index in [0.717, 1.165) is 9.89 Å². The second-order valence-electron chi connectivity index (χ2n) is 4.62. The fourth-order valence-corrected chi connectivity index (χ4v) is 2.82. The van der Waals surface area contributed by atoms with E-state index in [4.69, 9.17) is 0 Å². The molecule has 0 bridgehead atoms. The van der Waals surface area contributed by atoms with E-state index in [-0.39, 0.29) is 17.3 Å². The summed E-state index contributed by atoms with van der Waals surface area (Å²) in [5, 5.41) is 18.3. The number of thiophene rings is 1. The maximum Gasteiger partial charge on any atom is 0.295 e. The van der Waals surface area contributed by atoms with Gasteiger partial charge in [0.2, 0.25) is 0 Å². The van der Waals surface area contributed by atoms with Crippen molar-refractivity contribution in [2.24, 2.45) is 5.10 Å². The number of nitro benzene ring substituents is 1. The molecule has 1 amide bonds. The molecule has 0 aliphatic carbocycles. The number of hydrazone groups is 1. The number of carbonyl (C=O) groups is 1. The average Bonchev–Trinajstić information content (AvgIpc) is 3.11. The number of amides is 1. The van der Waals surface area contributed by atoms with Crippen LogP contribution >= 0.6 is 11.3 Å². The van der Waals surface area contributed by atoms with Crippen molar-refractivity contribution < 1.29 is 9.72 Å². The van der Waals surface area contributed by atoms with Crippen LogP contribution in [0.3, 0.4) is 0 Å². The van der Waals surface area contributed by atoms with Crippen LogP contribution in [0.15, 0.2) is 52.5 Å². The first-order valence-electron chi connectivity index (χ1n) is 6.46. The number of hydrogen-bond donors (Lipinski definition) is 0. The molecule has 0 fully saturated rings. The first-order chi connectivity index (χ1) is 10.6. The molecule has 0 spiro atoms. The molecule has 1 aliphatic heterocycles. The maximum atomic E-state index is 12.5. The summed E-state index contributed by atoms with van der Waals surface area (Å²) in [6.45, 7) is 1.71. The van der Waals surface area contributed by atoms with Gasteiger partial charge in [-0.25, -0.2) is 0 Å². The zero-order chi connectivity index (χ0) is 15.7. The normalized spacial score (nSPS) is 16.2. The molecule has 0 saturated heterocycles. The van der Waals surface area contributed by atoms with Crippen molar-refractivity contribution in [2.45, 2.75) is 6.92 Å². The summed E-state index contributed by atoms with van der Waals surface area (Å²) in [7, 11) is 0. The van der Waals surface area contributed by atoms with Crippen molar-refractivity contribution in [3.8, 4) is 0 Å². The molecule has 22 heavy (non-hydrogen) atoms. The SMILES string of the molecule is CC1=NN(c2ccccc2[N+](=O)[O-])C(=O)C1=Cc1cccs1. The highest BCUT2D eigenvalue weighted by Gasteiger charge is 2.32. The van der Waals surface area contributed by atoms with Crippen LogP contribution in [0.5, 0.6) is 0 Å².